The van der Waals surface area contributed by atoms with Crippen molar-refractivity contribution in [1.29, 1.82) is 0 Å². The van der Waals surface area contributed by atoms with Gasteiger partial charge in [-0.25, -0.2) is 4.39 Å². The van der Waals surface area contributed by atoms with Gasteiger partial charge in [-0.3, -0.25) is 0 Å². The van der Waals surface area contributed by atoms with Crippen molar-refractivity contribution in [3.63, 3.8) is 0 Å². The lowest BCUT2D eigenvalue weighted by Gasteiger charge is -2.37. The zero-order valence-electron chi connectivity index (χ0n) is 10.8. The minimum Gasteiger partial charge on any atom is -0.340 e. The van der Waals surface area contributed by atoms with Crippen molar-refractivity contribution in [3.05, 3.63) is 29.8 Å². The zero-order valence-corrected chi connectivity index (χ0v) is 10.8. The minimum atomic E-state index is -7.07. The van der Waals surface area contributed by atoms with Crippen LogP contribution in [0.25, 0.3) is 0 Å². The molecule has 1 aromatic carbocycles. The fourth-order valence-corrected chi connectivity index (χ4v) is 1.55. The van der Waals surface area contributed by atoms with E-state index in [0.29, 0.717) is 12.1 Å². The average molecular weight is 379 g/mol. The van der Waals surface area contributed by atoms with Crippen molar-refractivity contribution in [2.24, 2.45) is 0 Å². The maximum atomic E-state index is 13.8. The van der Waals surface area contributed by atoms with Crippen molar-refractivity contribution < 1.29 is 52.7 Å². The van der Waals surface area contributed by atoms with Crippen LogP contribution in [0.15, 0.2) is 24.3 Å². The summed E-state index contributed by atoms with van der Waals surface area (Å²) in [6.07, 6.45) is -19.4. The predicted octanol–water partition coefficient (Wildman–Crippen LogP) is 5.54. The Morgan fingerprint density at radius 3 is 1.46 bits per heavy atom. The molecule has 138 valence electrons. The van der Waals surface area contributed by atoms with Gasteiger partial charge in [-0.1, -0.05) is 12.1 Å². The number of hydrogen-bond donors (Lipinski definition) is 1. The Balaban J connectivity index is 3.54. The van der Waals surface area contributed by atoms with Gasteiger partial charge in [0, 0.05) is 5.69 Å². The summed E-state index contributed by atoms with van der Waals surface area (Å²) in [4.78, 5) is 0. The van der Waals surface area contributed by atoms with Crippen LogP contribution < -0.4 is 5.32 Å². The van der Waals surface area contributed by atoms with Crippen molar-refractivity contribution >= 4 is 5.69 Å². The summed E-state index contributed by atoms with van der Waals surface area (Å²) in [5.74, 6) is -13.6. The van der Waals surface area contributed by atoms with Gasteiger partial charge in [0.05, 0.1) is 5.56 Å². The van der Waals surface area contributed by atoms with E-state index in [4.69, 9.17) is 0 Å². The van der Waals surface area contributed by atoms with E-state index in [9.17, 15) is 52.7 Å². The van der Waals surface area contributed by atoms with Crippen molar-refractivity contribution in [1.82, 2.24) is 0 Å². The van der Waals surface area contributed by atoms with Crippen molar-refractivity contribution in [3.8, 4) is 0 Å². The average Bonchev–Trinajstić information content (AvgIpc) is 2.35. The number of para-hydroxylation sites is 1. The molecular weight excluding hydrogens is 374 g/mol. The number of benzene rings is 1. The van der Waals surface area contributed by atoms with E-state index >= 15 is 0 Å². The first-order valence-corrected chi connectivity index (χ1v) is 5.60. The lowest BCUT2D eigenvalue weighted by molar-refractivity contribution is -0.375. The van der Waals surface area contributed by atoms with E-state index in [1.165, 1.54) is 0 Å². The molecule has 0 aliphatic heterocycles. The van der Waals surface area contributed by atoms with E-state index in [-0.39, 0.29) is 17.4 Å². The van der Waals surface area contributed by atoms with Gasteiger partial charge in [0.2, 0.25) is 0 Å². The van der Waals surface area contributed by atoms with E-state index in [0.717, 1.165) is 0 Å². The summed E-state index contributed by atoms with van der Waals surface area (Å²) in [6.45, 7) is 0. The molecule has 0 aliphatic rings. The molecule has 1 aromatic rings. The molecule has 0 saturated heterocycles. The summed E-state index contributed by atoms with van der Waals surface area (Å²) >= 11 is 0. The van der Waals surface area contributed by atoms with Crippen LogP contribution in [-0.4, -0.2) is 24.1 Å². The highest BCUT2D eigenvalue weighted by atomic mass is 19.4. The van der Waals surface area contributed by atoms with E-state index in [2.05, 4.69) is 0 Å². The van der Waals surface area contributed by atoms with Crippen LogP contribution in [0.1, 0.15) is 5.56 Å². The first kappa shape index (κ1) is 20.2. The molecule has 1 nitrogen and oxygen atoms in total. The molecule has 0 fully saturated rings. The van der Waals surface area contributed by atoms with Gasteiger partial charge < -0.3 is 5.32 Å². The zero-order chi connectivity index (χ0) is 19.2. The van der Waals surface area contributed by atoms with Gasteiger partial charge in [-0.2, -0.15) is 48.3 Å². The molecule has 24 heavy (non-hydrogen) atoms. The smallest absolute Gasteiger partial charge is 0.340 e. The van der Waals surface area contributed by atoms with Gasteiger partial charge in [0.25, 0.3) is 0 Å². The third-order valence-electron chi connectivity index (χ3n) is 2.72. The normalized spacial score (nSPS) is 16.7. The molecule has 0 aliphatic carbocycles. The van der Waals surface area contributed by atoms with E-state index in [1.807, 2.05) is 0 Å². The molecule has 1 unspecified atom stereocenters. The van der Waals surface area contributed by atoms with Crippen LogP contribution in [0.5, 0.6) is 0 Å². The van der Waals surface area contributed by atoms with Gasteiger partial charge in [0.1, 0.15) is 0 Å². The van der Waals surface area contributed by atoms with Crippen molar-refractivity contribution in [2.75, 3.05) is 5.32 Å². The SMILES string of the molecule is FC(F)(F)c1ccccc1NC(F)(C(F)(F)F)C(F)(F)C(F)(F)F. The highest BCUT2D eigenvalue weighted by molar-refractivity contribution is 5.54. The number of rotatable bonds is 3. The van der Waals surface area contributed by atoms with Gasteiger partial charge in [0.15, 0.2) is 0 Å². The van der Waals surface area contributed by atoms with Crippen molar-refractivity contribution in [2.45, 2.75) is 30.2 Å². The number of anilines is 1. The van der Waals surface area contributed by atoms with E-state index < -0.39 is 41.5 Å². The van der Waals surface area contributed by atoms with Crippen LogP contribution in [0.4, 0.5) is 58.4 Å². The molecule has 0 saturated carbocycles. The summed E-state index contributed by atoms with van der Waals surface area (Å²) in [6, 6.07) is 1.35. The van der Waals surface area contributed by atoms with Crippen LogP contribution in [-0.2, 0) is 6.18 Å². The van der Waals surface area contributed by atoms with E-state index in [1.54, 1.807) is 0 Å². The van der Waals surface area contributed by atoms with Crippen LogP contribution in [0.2, 0.25) is 0 Å². The lowest BCUT2D eigenvalue weighted by Crippen LogP contribution is -2.66. The second-order valence-electron chi connectivity index (χ2n) is 4.40. The van der Waals surface area contributed by atoms with Gasteiger partial charge >= 0.3 is 30.2 Å². The molecule has 0 amide bonds. The standard InChI is InChI=1S/C11H5F12N/c12-7(13,14)5-3-1-2-4-6(5)24-9(17,11(21,22)23)8(15,16)10(18,19)20/h1-4,24H. The lowest BCUT2D eigenvalue weighted by atomic mass is 10.0. The molecule has 1 atom stereocenters. The van der Waals surface area contributed by atoms with Crippen LogP contribution in [0, 0.1) is 0 Å². The Morgan fingerprint density at radius 2 is 1.08 bits per heavy atom. The second-order valence-corrected chi connectivity index (χ2v) is 4.40. The Morgan fingerprint density at radius 1 is 0.625 bits per heavy atom. The summed E-state index contributed by atoms with van der Waals surface area (Å²) < 4.78 is 152. The molecule has 1 rings (SSSR count). The third-order valence-corrected chi connectivity index (χ3v) is 2.72. The molecule has 13 heteroatoms. The minimum absolute atomic E-state index is 0.0356. The first-order valence-electron chi connectivity index (χ1n) is 5.60. The number of alkyl halides is 12. The largest absolute Gasteiger partial charge is 0.459 e. The molecular formula is C11H5F12N. The fourth-order valence-electron chi connectivity index (χ4n) is 1.55. The molecule has 1 N–H and O–H groups in total. The number of nitrogens with one attached hydrogen (secondary N) is 1. The molecule has 0 bridgehead atoms. The Bertz CT molecular complexity index is 584. The first-order chi connectivity index (χ1) is 10.5. The number of halogens is 12. The highest BCUT2D eigenvalue weighted by Gasteiger charge is 2.81. The molecule has 0 heterocycles. The Kier molecular flexibility index (Phi) is 4.73. The van der Waals surface area contributed by atoms with Crippen LogP contribution in [0.3, 0.4) is 0 Å². The fraction of sp³-hybridized carbons (Fsp3) is 0.455. The Hall–Kier alpha value is -1.82. The van der Waals surface area contributed by atoms with Crippen LogP contribution >= 0.6 is 0 Å². The quantitative estimate of drug-likeness (QED) is 0.537. The maximum Gasteiger partial charge on any atom is 0.459 e. The summed E-state index contributed by atoms with van der Waals surface area (Å²) in [7, 11) is 0. The highest BCUT2D eigenvalue weighted by Crippen LogP contribution is 2.53. The second kappa shape index (κ2) is 5.62. The topological polar surface area (TPSA) is 12.0 Å². The molecule has 0 aromatic heterocycles. The predicted molar refractivity (Wildman–Crippen MR) is 56.0 cm³/mol. The van der Waals surface area contributed by atoms with Gasteiger partial charge in [-0.05, 0) is 12.1 Å². The Labute approximate surface area is 125 Å². The van der Waals surface area contributed by atoms with Gasteiger partial charge in [-0.15, -0.1) is 0 Å². The molecule has 0 spiro atoms. The maximum absolute atomic E-state index is 13.8. The monoisotopic (exact) mass is 379 g/mol. The number of hydrogen-bond acceptors (Lipinski definition) is 1. The third kappa shape index (κ3) is 3.34. The summed E-state index contributed by atoms with van der Waals surface area (Å²) in [5, 5.41) is 0.0356. The molecule has 0 radical (unpaired) electrons. The summed E-state index contributed by atoms with van der Waals surface area (Å²) in [5.41, 5.74) is -4.00.